The van der Waals surface area contributed by atoms with Crippen LogP contribution in [0.1, 0.15) is 5.56 Å². The number of hydrogen-bond acceptors (Lipinski definition) is 2. The van der Waals surface area contributed by atoms with Crippen molar-refractivity contribution in [1.82, 2.24) is 10.9 Å². The molecule has 0 aliphatic rings. The first-order valence-electron chi connectivity index (χ1n) is 6.08. The molecule has 0 heterocycles. The summed E-state index contributed by atoms with van der Waals surface area (Å²) in [5, 5.41) is 3.01. The van der Waals surface area contributed by atoms with Crippen molar-refractivity contribution in [2.75, 3.05) is 5.32 Å². The molecule has 0 aromatic heterocycles. The molecule has 0 aliphatic carbocycles. The third-order valence-electron chi connectivity index (χ3n) is 2.64. The Bertz CT molecular complexity index is 658. The van der Waals surface area contributed by atoms with Crippen LogP contribution in [0.2, 0.25) is 0 Å². The van der Waals surface area contributed by atoms with E-state index in [1.807, 2.05) is 24.3 Å². The minimum absolute atomic E-state index is 0.248. The topological polar surface area (TPSA) is 36.1 Å². The van der Waals surface area contributed by atoms with Crippen molar-refractivity contribution in [3.8, 4) is 0 Å². The van der Waals surface area contributed by atoms with Crippen LogP contribution in [0.4, 0.5) is 10.1 Å². The van der Waals surface area contributed by atoms with Crippen molar-refractivity contribution in [2.24, 2.45) is 0 Å². The molecule has 6 heteroatoms. The van der Waals surface area contributed by atoms with Gasteiger partial charge in [-0.2, -0.15) is 0 Å². The average molecular weight is 366 g/mol. The summed E-state index contributed by atoms with van der Waals surface area (Å²) in [6.45, 7) is 3.90. The predicted molar refractivity (Wildman–Crippen MR) is 92.1 cm³/mol. The number of benzene rings is 2. The summed E-state index contributed by atoms with van der Waals surface area (Å²) in [5.74, 6) is -0.367. The molecular formula is C15H13BrFN3S. The SMILES string of the molecule is C=C(NNC(=S)Nc1ccccc1F)c1ccc(Br)cc1. The normalized spacial score (nSPS) is 9.81. The van der Waals surface area contributed by atoms with Crippen molar-refractivity contribution < 1.29 is 4.39 Å². The van der Waals surface area contributed by atoms with E-state index >= 15 is 0 Å². The third kappa shape index (κ3) is 4.54. The monoisotopic (exact) mass is 365 g/mol. The zero-order valence-corrected chi connectivity index (χ0v) is 13.4. The molecule has 3 N–H and O–H groups in total. The molecule has 0 spiro atoms. The van der Waals surface area contributed by atoms with Gasteiger partial charge in [0.25, 0.3) is 0 Å². The van der Waals surface area contributed by atoms with E-state index in [9.17, 15) is 4.39 Å². The van der Waals surface area contributed by atoms with Crippen LogP contribution in [0.25, 0.3) is 5.70 Å². The molecule has 0 bridgehead atoms. The second kappa shape index (κ2) is 7.19. The van der Waals surface area contributed by atoms with Crippen molar-refractivity contribution in [2.45, 2.75) is 0 Å². The molecule has 0 radical (unpaired) electrons. The Labute approximate surface area is 136 Å². The lowest BCUT2D eigenvalue weighted by Gasteiger charge is -2.14. The number of halogens is 2. The second-order valence-corrected chi connectivity index (χ2v) is 5.49. The quantitative estimate of drug-likeness (QED) is 0.564. The van der Waals surface area contributed by atoms with Crippen LogP contribution in [0.5, 0.6) is 0 Å². The Morgan fingerprint density at radius 3 is 2.38 bits per heavy atom. The van der Waals surface area contributed by atoms with Crippen LogP contribution < -0.4 is 16.2 Å². The van der Waals surface area contributed by atoms with Crippen molar-refractivity contribution in [3.63, 3.8) is 0 Å². The number of hydrogen-bond donors (Lipinski definition) is 3. The molecular weight excluding hydrogens is 353 g/mol. The van der Waals surface area contributed by atoms with Crippen LogP contribution in [-0.2, 0) is 0 Å². The van der Waals surface area contributed by atoms with E-state index in [-0.39, 0.29) is 10.9 Å². The van der Waals surface area contributed by atoms with Gasteiger partial charge in [-0.1, -0.05) is 46.8 Å². The molecule has 2 rings (SSSR count). The maximum atomic E-state index is 13.5. The smallest absolute Gasteiger partial charge is 0.189 e. The fraction of sp³-hybridized carbons (Fsp3) is 0. The summed E-state index contributed by atoms with van der Waals surface area (Å²) in [4.78, 5) is 0. The minimum Gasteiger partial charge on any atom is -0.329 e. The first-order valence-corrected chi connectivity index (χ1v) is 7.29. The van der Waals surface area contributed by atoms with Gasteiger partial charge in [0, 0.05) is 4.47 Å². The van der Waals surface area contributed by atoms with Gasteiger partial charge in [-0.25, -0.2) is 4.39 Å². The largest absolute Gasteiger partial charge is 0.329 e. The van der Waals surface area contributed by atoms with E-state index in [1.54, 1.807) is 18.2 Å². The van der Waals surface area contributed by atoms with Gasteiger partial charge < -0.3 is 5.32 Å². The molecule has 21 heavy (non-hydrogen) atoms. The summed E-state index contributed by atoms with van der Waals surface area (Å²) in [6, 6.07) is 14.0. The van der Waals surface area contributed by atoms with Crippen LogP contribution in [0.15, 0.2) is 59.6 Å². The Morgan fingerprint density at radius 1 is 1.05 bits per heavy atom. The number of anilines is 1. The molecule has 108 valence electrons. The fourth-order valence-corrected chi connectivity index (χ4v) is 2.00. The van der Waals surface area contributed by atoms with Crippen molar-refractivity contribution >= 4 is 44.6 Å². The molecule has 0 amide bonds. The molecule has 0 saturated heterocycles. The Hall–Kier alpha value is -1.92. The summed E-state index contributed by atoms with van der Waals surface area (Å²) >= 11 is 8.45. The van der Waals surface area contributed by atoms with Crippen molar-refractivity contribution in [1.29, 1.82) is 0 Å². The highest BCUT2D eigenvalue weighted by Gasteiger charge is 2.03. The lowest BCUT2D eigenvalue weighted by atomic mass is 10.2. The van der Waals surface area contributed by atoms with Gasteiger partial charge in [0.1, 0.15) is 5.82 Å². The maximum Gasteiger partial charge on any atom is 0.189 e. The summed E-state index contributed by atoms with van der Waals surface area (Å²) in [7, 11) is 0. The standard InChI is InChI=1S/C15H13BrFN3S/c1-10(11-6-8-12(16)9-7-11)19-20-15(21)18-14-5-3-2-4-13(14)17/h2-9,19H,1H2,(H2,18,20,21). The fourth-order valence-electron chi connectivity index (χ4n) is 1.57. The highest BCUT2D eigenvalue weighted by molar-refractivity contribution is 9.10. The van der Waals surface area contributed by atoms with E-state index in [0.29, 0.717) is 11.4 Å². The van der Waals surface area contributed by atoms with Crippen LogP contribution >= 0.6 is 28.1 Å². The number of hydrazine groups is 1. The lowest BCUT2D eigenvalue weighted by Crippen LogP contribution is -2.38. The van der Waals surface area contributed by atoms with E-state index in [2.05, 4.69) is 38.7 Å². The van der Waals surface area contributed by atoms with Crippen LogP contribution in [0, 0.1) is 5.82 Å². The first kappa shape index (κ1) is 15.5. The Kier molecular flexibility index (Phi) is 5.30. The van der Waals surface area contributed by atoms with Gasteiger partial charge in [-0.15, -0.1) is 0 Å². The molecule has 0 aliphatic heterocycles. The van der Waals surface area contributed by atoms with Crippen molar-refractivity contribution in [3.05, 3.63) is 71.0 Å². The van der Waals surface area contributed by atoms with Gasteiger partial charge in [0.05, 0.1) is 11.4 Å². The zero-order valence-electron chi connectivity index (χ0n) is 11.0. The third-order valence-corrected chi connectivity index (χ3v) is 3.37. The van der Waals surface area contributed by atoms with Gasteiger partial charge in [0.15, 0.2) is 5.11 Å². The predicted octanol–water partition coefficient (Wildman–Crippen LogP) is 4.05. The van der Waals surface area contributed by atoms with Gasteiger partial charge in [-0.05, 0) is 42.0 Å². The minimum atomic E-state index is -0.367. The number of para-hydroxylation sites is 1. The number of rotatable bonds is 4. The average Bonchev–Trinajstić information content (AvgIpc) is 2.48. The van der Waals surface area contributed by atoms with E-state index in [4.69, 9.17) is 12.2 Å². The van der Waals surface area contributed by atoms with E-state index in [1.165, 1.54) is 6.07 Å². The van der Waals surface area contributed by atoms with E-state index < -0.39 is 0 Å². The summed E-state index contributed by atoms with van der Waals surface area (Å²) < 4.78 is 14.4. The van der Waals surface area contributed by atoms with Gasteiger partial charge >= 0.3 is 0 Å². The molecule has 0 atom stereocenters. The van der Waals surface area contributed by atoms with Crippen LogP contribution in [-0.4, -0.2) is 5.11 Å². The molecule has 0 saturated carbocycles. The zero-order chi connectivity index (χ0) is 15.2. The van der Waals surface area contributed by atoms with Crippen LogP contribution in [0.3, 0.4) is 0 Å². The van der Waals surface area contributed by atoms with Gasteiger partial charge in [0.2, 0.25) is 0 Å². The Balaban J connectivity index is 1.88. The van der Waals surface area contributed by atoms with E-state index in [0.717, 1.165) is 10.0 Å². The highest BCUT2D eigenvalue weighted by atomic mass is 79.9. The molecule has 3 nitrogen and oxygen atoms in total. The second-order valence-electron chi connectivity index (χ2n) is 4.17. The number of nitrogens with one attached hydrogen (secondary N) is 3. The summed E-state index contributed by atoms with van der Waals surface area (Å²) in [6.07, 6.45) is 0. The number of thiocarbonyl (C=S) groups is 1. The molecule has 2 aromatic carbocycles. The summed E-state index contributed by atoms with van der Waals surface area (Å²) in [5.41, 5.74) is 7.52. The molecule has 0 unspecified atom stereocenters. The highest BCUT2D eigenvalue weighted by Crippen LogP contribution is 2.14. The molecule has 2 aromatic rings. The lowest BCUT2D eigenvalue weighted by molar-refractivity contribution is 0.632. The molecule has 0 fully saturated rings. The van der Waals surface area contributed by atoms with Gasteiger partial charge in [-0.3, -0.25) is 10.9 Å². The Morgan fingerprint density at radius 2 is 1.71 bits per heavy atom. The first-order chi connectivity index (χ1) is 10.1. The maximum absolute atomic E-state index is 13.5.